The fourth-order valence-corrected chi connectivity index (χ4v) is 4.95. The van der Waals surface area contributed by atoms with Crippen molar-refractivity contribution in [3.8, 4) is 0 Å². The van der Waals surface area contributed by atoms with E-state index in [1.54, 1.807) is 0 Å². The molecular formula is C16H26N2O2S. The van der Waals surface area contributed by atoms with Crippen LogP contribution in [0.4, 0.5) is 5.69 Å². The quantitative estimate of drug-likeness (QED) is 0.839. The molecule has 5 heteroatoms. The molecule has 0 radical (unpaired) electrons. The van der Waals surface area contributed by atoms with E-state index in [1.807, 2.05) is 33.0 Å². The van der Waals surface area contributed by atoms with E-state index in [0.717, 1.165) is 42.5 Å². The molecule has 2 N–H and O–H groups in total. The number of benzene rings is 1. The maximum Gasteiger partial charge on any atom is 0.241 e. The third kappa shape index (κ3) is 3.98. The zero-order chi connectivity index (χ0) is 15.5. The minimum atomic E-state index is -3.44. The third-order valence-electron chi connectivity index (χ3n) is 4.19. The number of aryl methyl sites for hydroxylation is 2. The Morgan fingerprint density at radius 1 is 1.00 bits per heavy atom. The van der Waals surface area contributed by atoms with Crippen LogP contribution in [0.3, 0.4) is 0 Å². The molecule has 2 rings (SSSR count). The number of sulfonamides is 1. The highest BCUT2D eigenvalue weighted by atomic mass is 32.2. The average molecular weight is 310 g/mol. The van der Waals surface area contributed by atoms with E-state index >= 15 is 0 Å². The van der Waals surface area contributed by atoms with Crippen LogP contribution >= 0.6 is 0 Å². The molecule has 0 saturated heterocycles. The summed E-state index contributed by atoms with van der Waals surface area (Å²) in [5, 5.41) is 3.06. The smallest absolute Gasteiger partial charge is 0.241 e. The third-order valence-corrected chi connectivity index (χ3v) is 6.02. The Morgan fingerprint density at radius 2 is 1.52 bits per heavy atom. The van der Waals surface area contributed by atoms with E-state index in [1.165, 1.54) is 12.8 Å². The molecule has 1 saturated carbocycles. The fourth-order valence-electron chi connectivity index (χ4n) is 3.19. The lowest BCUT2D eigenvalue weighted by Gasteiger charge is -2.19. The van der Waals surface area contributed by atoms with E-state index in [9.17, 15) is 8.42 Å². The van der Waals surface area contributed by atoms with Crippen LogP contribution in [0.5, 0.6) is 0 Å². The summed E-state index contributed by atoms with van der Waals surface area (Å²) in [7, 11) is -1.60. The predicted octanol–water partition coefficient (Wildman–Crippen LogP) is 3.35. The Balaban J connectivity index is 2.26. The lowest BCUT2D eigenvalue weighted by molar-refractivity contribution is 0.509. The lowest BCUT2D eigenvalue weighted by Crippen LogP contribution is -2.35. The average Bonchev–Trinajstić information content (AvgIpc) is 2.65. The van der Waals surface area contributed by atoms with Crippen molar-refractivity contribution in [2.24, 2.45) is 0 Å². The van der Waals surface area contributed by atoms with E-state index in [2.05, 4.69) is 10.0 Å². The van der Waals surface area contributed by atoms with Gasteiger partial charge in [0.15, 0.2) is 0 Å². The summed E-state index contributed by atoms with van der Waals surface area (Å²) in [6.07, 6.45) is 6.56. The Labute approximate surface area is 128 Å². The maximum absolute atomic E-state index is 12.7. The first-order chi connectivity index (χ1) is 9.94. The number of nitrogens with one attached hydrogen (secondary N) is 2. The van der Waals surface area contributed by atoms with Gasteiger partial charge >= 0.3 is 0 Å². The van der Waals surface area contributed by atoms with Crippen LogP contribution in [0.15, 0.2) is 17.0 Å². The van der Waals surface area contributed by atoms with Crippen LogP contribution in [0.2, 0.25) is 0 Å². The molecule has 0 amide bonds. The zero-order valence-corrected chi connectivity index (χ0v) is 14.0. The molecule has 1 aromatic rings. The molecule has 1 aliphatic rings. The molecule has 4 nitrogen and oxygen atoms in total. The molecule has 0 atom stereocenters. The van der Waals surface area contributed by atoms with Crippen molar-refractivity contribution in [3.05, 3.63) is 23.3 Å². The second kappa shape index (κ2) is 6.79. The minimum absolute atomic E-state index is 0.0836. The molecule has 0 aromatic heterocycles. The van der Waals surface area contributed by atoms with E-state index < -0.39 is 10.0 Å². The SMILES string of the molecule is CNc1cc(C)c(S(=O)(=O)NC2CCCCCC2)c(C)c1. The molecule has 0 unspecified atom stereocenters. The summed E-state index contributed by atoms with van der Waals surface area (Å²) in [6, 6.07) is 3.85. The Hall–Kier alpha value is -1.07. The normalized spacial score (nSPS) is 17.5. The number of hydrogen-bond donors (Lipinski definition) is 2. The molecule has 118 valence electrons. The van der Waals surface area contributed by atoms with Gasteiger partial charge in [-0.15, -0.1) is 0 Å². The van der Waals surface area contributed by atoms with Crippen LogP contribution in [0.1, 0.15) is 49.7 Å². The molecule has 0 bridgehead atoms. The van der Waals surface area contributed by atoms with Gasteiger partial charge < -0.3 is 5.32 Å². The molecular weight excluding hydrogens is 284 g/mol. The monoisotopic (exact) mass is 310 g/mol. The van der Waals surface area contributed by atoms with Crippen molar-refractivity contribution in [1.29, 1.82) is 0 Å². The number of rotatable bonds is 4. The first-order valence-electron chi connectivity index (χ1n) is 7.75. The topological polar surface area (TPSA) is 58.2 Å². The Bertz CT molecular complexity index is 565. The maximum atomic E-state index is 12.7. The summed E-state index contributed by atoms with van der Waals surface area (Å²) in [5.74, 6) is 0. The summed E-state index contributed by atoms with van der Waals surface area (Å²) < 4.78 is 28.4. The first-order valence-corrected chi connectivity index (χ1v) is 9.23. The van der Waals surface area contributed by atoms with Gasteiger partial charge in [-0.3, -0.25) is 0 Å². The fraction of sp³-hybridized carbons (Fsp3) is 0.625. The highest BCUT2D eigenvalue weighted by molar-refractivity contribution is 7.89. The van der Waals surface area contributed by atoms with Gasteiger partial charge in [0, 0.05) is 18.8 Å². The van der Waals surface area contributed by atoms with Crippen molar-refractivity contribution in [2.75, 3.05) is 12.4 Å². The molecule has 21 heavy (non-hydrogen) atoms. The summed E-state index contributed by atoms with van der Waals surface area (Å²) in [6.45, 7) is 3.71. The van der Waals surface area contributed by atoms with Gasteiger partial charge in [-0.25, -0.2) is 13.1 Å². The van der Waals surface area contributed by atoms with Gasteiger partial charge in [-0.2, -0.15) is 0 Å². The van der Waals surface area contributed by atoms with Gasteiger partial charge in [0.25, 0.3) is 0 Å². The van der Waals surface area contributed by atoms with E-state index in [-0.39, 0.29) is 6.04 Å². The molecule has 1 aliphatic carbocycles. The van der Waals surface area contributed by atoms with Crippen molar-refractivity contribution in [1.82, 2.24) is 4.72 Å². The van der Waals surface area contributed by atoms with Crippen LogP contribution in [-0.4, -0.2) is 21.5 Å². The molecule has 0 heterocycles. The van der Waals surface area contributed by atoms with Crippen molar-refractivity contribution in [2.45, 2.75) is 63.3 Å². The van der Waals surface area contributed by atoms with Crippen molar-refractivity contribution >= 4 is 15.7 Å². The van der Waals surface area contributed by atoms with Crippen LogP contribution in [0, 0.1) is 13.8 Å². The van der Waals surface area contributed by atoms with Crippen molar-refractivity contribution < 1.29 is 8.42 Å². The van der Waals surface area contributed by atoms with Crippen LogP contribution < -0.4 is 10.0 Å². The Morgan fingerprint density at radius 3 is 2.00 bits per heavy atom. The van der Waals surface area contributed by atoms with Gasteiger partial charge in [0.2, 0.25) is 10.0 Å². The van der Waals surface area contributed by atoms with Crippen LogP contribution in [-0.2, 0) is 10.0 Å². The first kappa shape index (κ1) is 16.3. The minimum Gasteiger partial charge on any atom is -0.388 e. The molecule has 1 fully saturated rings. The number of anilines is 1. The van der Waals surface area contributed by atoms with Gasteiger partial charge in [0.1, 0.15) is 0 Å². The molecule has 0 spiro atoms. The lowest BCUT2D eigenvalue weighted by atomic mass is 10.1. The summed E-state index contributed by atoms with van der Waals surface area (Å²) >= 11 is 0. The van der Waals surface area contributed by atoms with Gasteiger partial charge in [-0.1, -0.05) is 25.7 Å². The second-order valence-electron chi connectivity index (χ2n) is 6.00. The zero-order valence-electron chi connectivity index (χ0n) is 13.2. The Kier molecular flexibility index (Phi) is 5.27. The summed E-state index contributed by atoms with van der Waals surface area (Å²) in [4.78, 5) is 0.436. The van der Waals surface area contributed by atoms with Crippen molar-refractivity contribution in [3.63, 3.8) is 0 Å². The standard InChI is InChI=1S/C16H26N2O2S/c1-12-10-15(17-3)11-13(2)16(12)21(19,20)18-14-8-6-4-5-7-9-14/h10-11,14,17-18H,4-9H2,1-3H3. The van der Waals surface area contributed by atoms with Crippen LogP contribution in [0.25, 0.3) is 0 Å². The van der Waals surface area contributed by atoms with E-state index in [4.69, 9.17) is 0 Å². The van der Waals surface area contributed by atoms with Gasteiger partial charge in [0.05, 0.1) is 4.90 Å². The highest BCUT2D eigenvalue weighted by Crippen LogP contribution is 2.26. The molecule has 1 aromatic carbocycles. The molecule has 0 aliphatic heterocycles. The summed E-state index contributed by atoms with van der Waals surface area (Å²) in [5.41, 5.74) is 2.53. The number of hydrogen-bond acceptors (Lipinski definition) is 3. The largest absolute Gasteiger partial charge is 0.388 e. The second-order valence-corrected chi connectivity index (χ2v) is 7.65. The van der Waals surface area contributed by atoms with E-state index in [0.29, 0.717) is 4.90 Å². The highest BCUT2D eigenvalue weighted by Gasteiger charge is 2.24. The predicted molar refractivity (Wildman–Crippen MR) is 87.3 cm³/mol. The van der Waals surface area contributed by atoms with Gasteiger partial charge in [-0.05, 0) is 49.9 Å².